The molecular formula is C21H27N3O. The Labute approximate surface area is 149 Å². The van der Waals surface area contributed by atoms with E-state index in [9.17, 15) is 5.11 Å². The standard InChI is InChI=1S/C21H27N3O/c1-15-6-5-9-17(20(15)25)13-24-11-10-19-18(14-24)12-22-21(23-19)16-7-3-2-4-8-16/h5-6,9,12,16,25H,2-4,7-8,10-11,13-14H2,1H3. The number of aryl methyl sites for hydroxylation is 1. The van der Waals surface area contributed by atoms with Gasteiger partial charge >= 0.3 is 0 Å². The van der Waals surface area contributed by atoms with Crippen LogP contribution >= 0.6 is 0 Å². The third-order valence-electron chi connectivity index (χ3n) is 5.72. The number of hydrogen-bond acceptors (Lipinski definition) is 4. The first-order chi connectivity index (χ1) is 12.2. The van der Waals surface area contributed by atoms with E-state index in [0.717, 1.165) is 43.0 Å². The molecule has 2 aliphatic rings. The highest BCUT2D eigenvalue weighted by molar-refractivity contribution is 5.39. The molecule has 1 N–H and O–H groups in total. The van der Waals surface area contributed by atoms with Gasteiger partial charge in [-0.1, -0.05) is 37.5 Å². The largest absolute Gasteiger partial charge is 0.507 e. The fraction of sp³-hybridized carbons (Fsp3) is 0.524. The molecule has 2 aromatic rings. The average molecular weight is 337 g/mol. The molecule has 1 aromatic heterocycles. The predicted octanol–water partition coefficient (Wildman–Crippen LogP) is 4.10. The molecule has 1 aliphatic carbocycles. The summed E-state index contributed by atoms with van der Waals surface area (Å²) >= 11 is 0. The molecule has 25 heavy (non-hydrogen) atoms. The van der Waals surface area contributed by atoms with Crippen LogP contribution < -0.4 is 0 Å². The molecule has 2 heterocycles. The van der Waals surface area contributed by atoms with Gasteiger partial charge < -0.3 is 5.11 Å². The summed E-state index contributed by atoms with van der Waals surface area (Å²) < 4.78 is 0. The molecule has 0 radical (unpaired) electrons. The van der Waals surface area contributed by atoms with Gasteiger partial charge in [-0.05, 0) is 25.3 Å². The molecule has 1 aliphatic heterocycles. The van der Waals surface area contributed by atoms with Gasteiger partial charge in [0.1, 0.15) is 11.6 Å². The Morgan fingerprint density at radius 2 is 2.04 bits per heavy atom. The first kappa shape index (κ1) is 16.5. The first-order valence-electron chi connectivity index (χ1n) is 9.55. The Morgan fingerprint density at radius 3 is 2.88 bits per heavy atom. The molecule has 1 fully saturated rings. The Balaban J connectivity index is 1.47. The summed E-state index contributed by atoms with van der Waals surface area (Å²) in [4.78, 5) is 12.0. The van der Waals surface area contributed by atoms with E-state index in [-0.39, 0.29) is 0 Å². The number of phenols is 1. The fourth-order valence-electron chi connectivity index (χ4n) is 4.17. The number of benzene rings is 1. The van der Waals surface area contributed by atoms with Crippen LogP contribution in [0.5, 0.6) is 5.75 Å². The molecule has 0 unspecified atom stereocenters. The van der Waals surface area contributed by atoms with Crippen molar-refractivity contribution < 1.29 is 5.11 Å². The van der Waals surface area contributed by atoms with Gasteiger partial charge in [0.05, 0.1) is 0 Å². The topological polar surface area (TPSA) is 49.2 Å². The minimum absolute atomic E-state index is 0.428. The van der Waals surface area contributed by atoms with E-state index in [1.807, 2.05) is 25.1 Å². The van der Waals surface area contributed by atoms with Gasteiger partial charge in [-0.25, -0.2) is 9.97 Å². The number of para-hydroxylation sites is 1. The second-order valence-corrected chi connectivity index (χ2v) is 7.58. The predicted molar refractivity (Wildman–Crippen MR) is 98.5 cm³/mol. The second-order valence-electron chi connectivity index (χ2n) is 7.58. The van der Waals surface area contributed by atoms with Crippen molar-refractivity contribution in [2.45, 2.75) is 64.5 Å². The van der Waals surface area contributed by atoms with Crippen LogP contribution in [0.2, 0.25) is 0 Å². The molecule has 0 spiro atoms. The molecule has 4 nitrogen and oxygen atoms in total. The van der Waals surface area contributed by atoms with E-state index in [2.05, 4.69) is 11.1 Å². The summed E-state index contributed by atoms with van der Waals surface area (Å²) in [5.74, 6) is 2.07. The summed E-state index contributed by atoms with van der Waals surface area (Å²) in [5, 5.41) is 10.3. The minimum atomic E-state index is 0.428. The molecule has 1 aromatic carbocycles. The summed E-state index contributed by atoms with van der Waals surface area (Å²) in [7, 11) is 0. The lowest BCUT2D eigenvalue weighted by atomic mass is 9.88. The molecular weight excluding hydrogens is 310 g/mol. The molecule has 4 heteroatoms. The van der Waals surface area contributed by atoms with Crippen molar-refractivity contribution in [1.29, 1.82) is 0 Å². The van der Waals surface area contributed by atoms with E-state index in [1.54, 1.807) is 0 Å². The van der Waals surface area contributed by atoms with Crippen molar-refractivity contribution in [1.82, 2.24) is 14.9 Å². The van der Waals surface area contributed by atoms with Gasteiger partial charge in [0.2, 0.25) is 0 Å². The lowest BCUT2D eigenvalue weighted by Gasteiger charge is -2.29. The maximum atomic E-state index is 10.3. The Bertz CT molecular complexity index is 753. The van der Waals surface area contributed by atoms with Crippen LogP contribution in [0.3, 0.4) is 0 Å². The van der Waals surface area contributed by atoms with Crippen molar-refractivity contribution in [2.24, 2.45) is 0 Å². The molecule has 0 bridgehead atoms. The number of nitrogens with zero attached hydrogens (tertiary/aromatic N) is 3. The van der Waals surface area contributed by atoms with Crippen LogP contribution in [-0.2, 0) is 19.5 Å². The zero-order valence-corrected chi connectivity index (χ0v) is 15.0. The van der Waals surface area contributed by atoms with Crippen LogP contribution in [-0.4, -0.2) is 26.5 Å². The van der Waals surface area contributed by atoms with Gasteiger partial charge in [0, 0.05) is 55.0 Å². The lowest BCUT2D eigenvalue weighted by molar-refractivity contribution is 0.239. The van der Waals surface area contributed by atoms with Crippen LogP contribution in [0, 0.1) is 6.92 Å². The monoisotopic (exact) mass is 337 g/mol. The summed E-state index contributed by atoms with van der Waals surface area (Å²) in [5.41, 5.74) is 4.43. The molecule has 4 rings (SSSR count). The highest BCUT2D eigenvalue weighted by Crippen LogP contribution is 2.31. The number of aromatic hydroxyl groups is 1. The lowest BCUT2D eigenvalue weighted by Crippen LogP contribution is -2.31. The number of aromatic nitrogens is 2. The number of phenolic OH excluding ortho intramolecular Hbond substituents is 1. The molecule has 132 valence electrons. The third-order valence-corrected chi connectivity index (χ3v) is 5.72. The van der Waals surface area contributed by atoms with Gasteiger partial charge in [0.25, 0.3) is 0 Å². The van der Waals surface area contributed by atoms with Crippen molar-refractivity contribution in [2.75, 3.05) is 6.54 Å². The maximum absolute atomic E-state index is 10.3. The van der Waals surface area contributed by atoms with E-state index in [1.165, 1.54) is 43.4 Å². The van der Waals surface area contributed by atoms with Gasteiger partial charge in [-0.2, -0.15) is 0 Å². The first-order valence-corrected chi connectivity index (χ1v) is 9.55. The van der Waals surface area contributed by atoms with Crippen LogP contribution in [0.25, 0.3) is 0 Å². The normalized spacial score (nSPS) is 18.9. The quantitative estimate of drug-likeness (QED) is 0.916. The number of fused-ring (bicyclic) bond motifs is 1. The van der Waals surface area contributed by atoms with Gasteiger partial charge in [-0.3, -0.25) is 4.90 Å². The van der Waals surface area contributed by atoms with Crippen molar-refractivity contribution >= 4 is 0 Å². The van der Waals surface area contributed by atoms with Gasteiger partial charge in [-0.15, -0.1) is 0 Å². The van der Waals surface area contributed by atoms with Crippen molar-refractivity contribution in [3.05, 3.63) is 52.6 Å². The highest BCUT2D eigenvalue weighted by Gasteiger charge is 2.23. The highest BCUT2D eigenvalue weighted by atomic mass is 16.3. The number of rotatable bonds is 3. The Morgan fingerprint density at radius 1 is 1.20 bits per heavy atom. The van der Waals surface area contributed by atoms with Crippen LogP contribution in [0.15, 0.2) is 24.4 Å². The molecule has 0 amide bonds. The van der Waals surface area contributed by atoms with E-state index < -0.39 is 0 Å². The summed E-state index contributed by atoms with van der Waals surface area (Å²) in [6.45, 7) is 4.58. The number of hydrogen-bond donors (Lipinski definition) is 1. The average Bonchev–Trinajstić information content (AvgIpc) is 2.66. The van der Waals surface area contributed by atoms with Gasteiger partial charge in [0.15, 0.2) is 0 Å². The zero-order valence-electron chi connectivity index (χ0n) is 15.0. The van der Waals surface area contributed by atoms with Crippen molar-refractivity contribution in [3.8, 4) is 5.75 Å². The van der Waals surface area contributed by atoms with Crippen LogP contribution in [0.4, 0.5) is 0 Å². The fourth-order valence-corrected chi connectivity index (χ4v) is 4.17. The maximum Gasteiger partial charge on any atom is 0.131 e. The molecule has 0 saturated heterocycles. The van der Waals surface area contributed by atoms with Crippen molar-refractivity contribution in [3.63, 3.8) is 0 Å². The third kappa shape index (κ3) is 3.54. The summed E-state index contributed by atoms with van der Waals surface area (Å²) in [6, 6.07) is 5.98. The summed E-state index contributed by atoms with van der Waals surface area (Å²) in [6.07, 6.45) is 9.52. The van der Waals surface area contributed by atoms with Crippen LogP contribution in [0.1, 0.15) is 66.2 Å². The Kier molecular flexibility index (Phi) is 4.71. The minimum Gasteiger partial charge on any atom is -0.507 e. The second kappa shape index (κ2) is 7.12. The Hall–Kier alpha value is -1.94. The molecule has 0 atom stereocenters. The zero-order chi connectivity index (χ0) is 17.2. The molecule has 1 saturated carbocycles. The smallest absolute Gasteiger partial charge is 0.131 e. The SMILES string of the molecule is Cc1cccc(CN2CCc3nc(C4CCCCC4)ncc3C2)c1O. The van der Waals surface area contributed by atoms with E-state index >= 15 is 0 Å². The van der Waals surface area contributed by atoms with E-state index in [0.29, 0.717) is 11.7 Å². The van der Waals surface area contributed by atoms with E-state index in [4.69, 9.17) is 9.97 Å².